The Morgan fingerprint density at radius 2 is 2.00 bits per heavy atom. The Bertz CT molecular complexity index is 617. The number of nitrogens with two attached hydrogens (primary N) is 1. The number of carbonyl (C=O) groups is 1. The number of fused-ring (bicyclic) bond motifs is 1. The van der Waals surface area contributed by atoms with E-state index in [0.717, 1.165) is 31.4 Å². The van der Waals surface area contributed by atoms with E-state index in [9.17, 15) is 4.79 Å². The van der Waals surface area contributed by atoms with Gasteiger partial charge in [-0.05, 0) is 37.3 Å². The lowest BCUT2D eigenvalue weighted by Gasteiger charge is -2.65. The van der Waals surface area contributed by atoms with Gasteiger partial charge in [0.2, 0.25) is 5.91 Å². The van der Waals surface area contributed by atoms with E-state index >= 15 is 0 Å². The largest absolute Gasteiger partial charge is 0.377 e. The molecule has 3 rings (SSSR count). The first-order valence-electron chi connectivity index (χ1n) is 9.12. The van der Waals surface area contributed by atoms with Crippen LogP contribution < -0.4 is 11.1 Å². The zero-order valence-electron chi connectivity index (χ0n) is 15.7. The molecule has 1 saturated carbocycles. The van der Waals surface area contributed by atoms with Crippen molar-refractivity contribution in [3.05, 3.63) is 35.4 Å². The Hall–Kier alpha value is -1.10. The van der Waals surface area contributed by atoms with Crippen LogP contribution in [0.3, 0.4) is 0 Å². The van der Waals surface area contributed by atoms with Gasteiger partial charge in [0, 0.05) is 17.9 Å². The molecule has 0 bridgehead atoms. The standard InChI is InChI=1S/C20H30N2O2.ClH/c1-5-14-8-10-15(11-9-14)13(2)22-18(23)20(21)16-7-6-12-24-17(16)19(20,3)4;/h8-11,13,16-17H,5-7,12,21H2,1-4H3,(H,22,23);1H. The van der Waals surface area contributed by atoms with Gasteiger partial charge in [-0.3, -0.25) is 4.79 Å². The molecule has 1 amide bonds. The number of ether oxygens (including phenoxy) is 1. The van der Waals surface area contributed by atoms with Gasteiger partial charge < -0.3 is 15.8 Å². The van der Waals surface area contributed by atoms with Crippen molar-refractivity contribution in [3.63, 3.8) is 0 Å². The van der Waals surface area contributed by atoms with E-state index in [4.69, 9.17) is 10.5 Å². The molecule has 1 aromatic rings. The number of amides is 1. The first-order chi connectivity index (χ1) is 11.3. The zero-order chi connectivity index (χ0) is 17.5. The number of hydrogen-bond acceptors (Lipinski definition) is 3. The van der Waals surface area contributed by atoms with Gasteiger partial charge in [0.1, 0.15) is 5.54 Å². The van der Waals surface area contributed by atoms with Crippen LogP contribution in [0.4, 0.5) is 0 Å². The van der Waals surface area contributed by atoms with E-state index in [0.29, 0.717) is 0 Å². The van der Waals surface area contributed by atoms with Crippen LogP contribution in [0.2, 0.25) is 0 Å². The third-order valence-electron chi connectivity index (χ3n) is 6.30. The highest BCUT2D eigenvalue weighted by molar-refractivity contribution is 5.89. The molecule has 2 fully saturated rings. The Kier molecular flexibility index (Phi) is 5.87. The van der Waals surface area contributed by atoms with Gasteiger partial charge in [-0.15, -0.1) is 12.4 Å². The van der Waals surface area contributed by atoms with Crippen molar-refractivity contribution in [2.24, 2.45) is 17.1 Å². The number of halogens is 1. The fourth-order valence-electron chi connectivity index (χ4n) is 4.48. The highest BCUT2D eigenvalue weighted by atomic mass is 35.5. The van der Waals surface area contributed by atoms with Crippen molar-refractivity contribution in [3.8, 4) is 0 Å². The lowest BCUT2D eigenvalue weighted by Crippen LogP contribution is -2.82. The minimum atomic E-state index is -0.851. The molecule has 0 spiro atoms. The number of benzene rings is 1. The van der Waals surface area contributed by atoms with Crippen LogP contribution >= 0.6 is 12.4 Å². The van der Waals surface area contributed by atoms with E-state index in [1.165, 1.54) is 5.56 Å². The second-order valence-corrected chi connectivity index (χ2v) is 7.92. The predicted octanol–water partition coefficient (Wildman–Crippen LogP) is 3.38. The molecule has 1 saturated heterocycles. The van der Waals surface area contributed by atoms with Crippen LogP contribution in [0.25, 0.3) is 0 Å². The van der Waals surface area contributed by atoms with Crippen molar-refractivity contribution in [2.45, 2.75) is 64.6 Å². The molecule has 0 radical (unpaired) electrons. The molecule has 3 N–H and O–H groups in total. The van der Waals surface area contributed by atoms with Crippen LogP contribution in [-0.4, -0.2) is 24.2 Å². The summed E-state index contributed by atoms with van der Waals surface area (Å²) in [7, 11) is 0. The van der Waals surface area contributed by atoms with Crippen molar-refractivity contribution < 1.29 is 9.53 Å². The summed E-state index contributed by atoms with van der Waals surface area (Å²) in [5.41, 5.74) is 7.88. The predicted molar refractivity (Wildman–Crippen MR) is 103 cm³/mol. The molecule has 4 nitrogen and oxygen atoms in total. The van der Waals surface area contributed by atoms with Gasteiger partial charge in [0.15, 0.2) is 0 Å². The summed E-state index contributed by atoms with van der Waals surface area (Å²) in [6.07, 6.45) is 3.07. The number of rotatable bonds is 4. The molecule has 1 aliphatic heterocycles. The van der Waals surface area contributed by atoms with Crippen molar-refractivity contribution in [1.82, 2.24) is 5.32 Å². The Balaban J connectivity index is 0.00000225. The maximum atomic E-state index is 13.0. The van der Waals surface area contributed by atoms with Gasteiger partial charge in [-0.1, -0.05) is 45.0 Å². The Morgan fingerprint density at radius 3 is 2.60 bits per heavy atom. The number of aryl methyl sites for hydroxylation is 1. The monoisotopic (exact) mass is 366 g/mol. The van der Waals surface area contributed by atoms with E-state index in [1.54, 1.807) is 0 Å². The summed E-state index contributed by atoms with van der Waals surface area (Å²) in [6, 6.07) is 8.36. The summed E-state index contributed by atoms with van der Waals surface area (Å²) in [5, 5.41) is 3.15. The van der Waals surface area contributed by atoms with Crippen molar-refractivity contribution >= 4 is 18.3 Å². The maximum Gasteiger partial charge on any atom is 0.241 e. The molecular formula is C20H31ClN2O2. The molecule has 1 heterocycles. The van der Waals surface area contributed by atoms with Gasteiger partial charge in [0.25, 0.3) is 0 Å². The van der Waals surface area contributed by atoms with Crippen LogP contribution in [0.5, 0.6) is 0 Å². The maximum absolute atomic E-state index is 13.0. The summed E-state index contributed by atoms with van der Waals surface area (Å²) in [5.74, 6) is 0.0715. The fourth-order valence-corrected chi connectivity index (χ4v) is 4.48. The van der Waals surface area contributed by atoms with Crippen LogP contribution in [0.1, 0.15) is 57.7 Å². The summed E-state index contributed by atoms with van der Waals surface area (Å²) in [4.78, 5) is 13.0. The Labute approximate surface area is 157 Å². The van der Waals surface area contributed by atoms with E-state index < -0.39 is 5.54 Å². The summed E-state index contributed by atoms with van der Waals surface area (Å²) in [6.45, 7) is 9.05. The first kappa shape index (κ1) is 20.2. The van der Waals surface area contributed by atoms with Crippen LogP contribution in [0, 0.1) is 11.3 Å². The first-order valence-corrected chi connectivity index (χ1v) is 9.12. The Morgan fingerprint density at radius 1 is 1.36 bits per heavy atom. The topological polar surface area (TPSA) is 64.4 Å². The van der Waals surface area contributed by atoms with Gasteiger partial charge in [0.05, 0.1) is 12.1 Å². The van der Waals surface area contributed by atoms with E-state index in [-0.39, 0.29) is 41.8 Å². The molecule has 1 aliphatic carbocycles. The van der Waals surface area contributed by atoms with E-state index in [2.05, 4.69) is 50.4 Å². The average molecular weight is 367 g/mol. The highest BCUT2D eigenvalue weighted by Gasteiger charge is 2.70. The third kappa shape index (κ3) is 3.09. The molecule has 4 unspecified atom stereocenters. The second kappa shape index (κ2) is 7.26. The van der Waals surface area contributed by atoms with Crippen LogP contribution in [0.15, 0.2) is 24.3 Å². The van der Waals surface area contributed by atoms with Crippen LogP contribution in [-0.2, 0) is 16.0 Å². The molecule has 5 heteroatoms. The lowest BCUT2D eigenvalue weighted by molar-refractivity contribution is -0.225. The lowest BCUT2D eigenvalue weighted by atomic mass is 9.46. The van der Waals surface area contributed by atoms with Gasteiger partial charge >= 0.3 is 0 Å². The fraction of sp³-hybridized carbons (Fsp3) is 0.650. The molecular weight excluding hydrogens is 336 g/mol. The van der Waals surface area contributed by atoms with Crippen molar-refractivity contribution in [2.75, 3.05) is 6.61 Å². The average Bonchev–Trinajstić information content (AvgIpc) is 2.60. The molecule has 4 atom stereocenters. The van der Waals surface area contributed by atoms with Crippen molar-refractivity contribution in [1.29, 1.82) is 0 Å². The summed E-state index contributed by atoms with van der Waals surface area (Å²) < 4.78 is 5.89. The minimum absolute atomic E-state index is 0. The normalized spacial score (nSPS) is 31.1. The third-order valence-corrected chi connectivity index (χ3v) is 6.30. The smallest absolute Gasteiger partial charge is 0.241 e. The van der Waals surface area contributed by atoms with Gasteiger partial charge in [-0.2, -0.15) is 0 Å². The summed E-state index contributed by atoms with van der Waals surface area (Å²) >= 11 is 0. The molecule has 140 valence electrons. The SMILES string of the molecule is CCc1ccc(C(C)NC(=O)C2(N)C3CCCOC3C2(C)C)cc1.Cl. The van der Waals surface area contributed by atoms with E-state index in [1.807, 2.05) is 6.92 Å². The highest BCUT2D eigenvalue weighted by Crippen LogP contribution is 2.57. The zero-order valence-corrected chi connectivity index (χ0v) is 16.5. The molecule has 1 aromatic carbocycles. The van der Waals surface area contributed by atoms with Gasteiger partial charge in [-0.25, -0.2) is 0 Å². The minimum Gasteiger partial charge on any atom is -0.377 e. The molecule has 2 aliphatic rings. The molecule has 25 heavy (non-hydrogen) atoms. The quantitative estimate of drug-likeness (QED) is 0.858. The molecule has 0 aromatic heterocycles. The second-order valence-electron chi connectivity index (χ2n) is 7.92. The number of hydrogen-bond donors (Lipinski definition) is 2. The number of carbonyl (C=O) groups excluding carboxylic acids is 1. The number of nitrogens with one attached hydrogen (secondary N) is 1.